The van der Waals surface area contributed by atoms with Gasteiger partial charge in [0, 0.05) is 41.2 Å². The van der Waals surface area contributed by atoms with Gasteiger partial charge in [-0.3, -0.25) is 4.72 Å². The molecule has 0 bridgehead atoms. The largest absolute Gasteiger partial charge is 0.341 e. The number of rotatable bonds is 6. The van der Waals surface area contributed by atoms with Gasteiger partial charge in [0.1, 0.15) is 5.82 Å². The fraction of sp³-hybridized carbons (Fsp3) is 0.304. The van der Waals surface area contributed by atoms with Crippen molar-refractivity contribution in [3.05, 3.63) is 64.8 Å². The fourth-order valence-electron chi connectivity index (χ4n) is 3.58. The second-order valence-corrected chi connectivity index (χ2v) is 10.1. The third kappa shape index (κ3) is 5.31. The first kappa shape index (κ1) is 22.4. The molecule has 1 saturated heterocycles. The number of hydrogen-bond acceptors (Lipinski definition) is 6. The molecule has 168 valence electrons. The summed E-state index contributed by atoms with van der Waals surface area (Å²) in [5, 5.41) is 3.70. The van der Waals surface area contributed by atoms with Crippen LogP contribution in [-0.4, -0.2) is 31.5 Å². The number of hydrogen-bond donors (Lipinski definition) is 2. The zero-order valence-electron chi connectivity index (χ0n) is 18.1. The van der Waals surface area contributed by atoms with Gasteiger partial charge in [0.25, 0.3) is 10.0 Å². The van der Waals surface area contributed by atoms with Crippen LogP contribution in [0.15, 0.2) is 53.4 Å². The van der Waals surface area contributed by atoms with E-state index in [1.54, 1.807) is 30.3 Å². The molecule has 0 atom stereocenters. The first-order valence-corrected chi connectivity index (χ1v) is 12.4. The molecule has 4 rings (SSSR count). The van der Waals surface area contributed by atoms with E-state index in [0.717, 1.165) is 48.8 Å². The van der Waals surface area contributed by atoms with Crippen molar-refractivity contribution >= 4 is 44.8 Å². The minimum Gasteiger partial charge on any atom is -0.341 e. The van der Waals surface area contributed by atoms with Crippen molar-refractivity contribution in [3.8, 4) is 0 Å². The van der Waals surface area contributed by atoms with E-state index in [-0.39, 0.29) is 4.90 Å². The van der Waals surface area contributed by atoms with E-state index in [4.69, 9.17) is 11.6 Å². The molecule has 1 aromatic heterocycles. The van der Waals surface area contributed by atoms with Crippen LogP contribution in [0.2, 0.25) is 5.02 Å². The van der Waals surface area contributed by atoms with Gasteiger partial charge in [0.05, 0.1) is 4.90 Å². The summed E-state index contributed by atoms with van der Waals surface area (Å²) >= 11 is 6.08. The lowest BCUT2D eigenvalue weighted by Gasteiger charge is -2.27. The quantitative estimate of drug-likeness (QED) is 0.508. The Morgan fingerprint density at radius 3 is 2.28 bits per heavy atom. The van der Waals surface area contributed by atoms with Gasteiger partial charge in [-0.05, 0) is 75.1 Å². The molecule has 0 spiro atoms. The van der Waals surface area contributed by atoms with Gasteiger partial charge in [-0.2, -0.15) is 4.98 Å². The zero-order chi connectivity index (χ0) is 22.7. The van der Waals surface area contributed by atoms with Gasteiger partial charge < -0.3 is 10.2 Å². The highest BCUT2D eigenvalue weighted by atomic mass is 35.5. The first-order valence-electron chi connectivity index (χ1n) is 10.6. The van der Waals surface area contributed by atoms with Crippen molar-refractivity contribution in [3.63, 3.8) is 0 Å². The molecule has 2 N–H and O–H groups in total. The van der Waals surface area contributed by atoms with Crippen LogP contribution in [-0.2, 0) is 10.0 Å². The van der Waals surface area contributed by atoms with Gasteiger partial charge in [-0.15, -0.1) is 0 Å². The Balaban J connectivity index is 1.47. The van der Waals surface area contributed by atoms with E-state index in [1.807, 2.05) is 19.9 Å². The molecule has 0 aliphatic carbocycles. The molecular weight excluding hydrogens is 446 g/mol. The summed E-state index contributed by atoms with van der Waals surface area (Å²) in [7, 11) is -3.73. The number of anilines is 4. The first-order chi connectivity index (χ1) is 15.3. The number of benzene rings is 2. The zero-order valence-corrected chi connectivity index (χ0v) is 19.7. The molecule has 1 aliphatic rings. The predicted molar refractivity (Wildman–Crippen MR) is 130 cm³/mol. The molecule has 2 aromatic carbocycles. The van der Waals surface area contributed by atoms with Crippen LogP contribution >= 0.6 is 11.6 Å². The highest BCUT2D eigenvalue weighted by molar-refractivity contribution is 7.92. The minimum atomic E-state index is -3.73. The minimum absolute atomic E-state index is 0.122. The van der Waals surface area contributed by atoms with E-state index < -0.39 is 10.0 Å². The third-order valence-corrected chi connectivity index (χ3v) is 7.13. The van der Waals surface area contributed by atoms with Crippen molar-refractivity contribution in [1.29, 1.82) is 0 Å². The Kier molecular flexibility index (Phi) is 6.53. The number of nitrogens with one attached hydrogen (secondary N) is 2. The number of halogens is 1. The number of piperidine rings is 1. The van der Waals surface area contributed by atoms with Crippen molar-refractivity contribution in [2.45, 2.75) is 38.0 Å². The maximum atomic E-state index is 12.7. The molecule has 3 aromatic rings. The summed E-state index contributed by atoms with van der Waals surface area (Å²) in [4.78, 5) is 11.6. The van der Waals surface area contributed by atoms with E-state index >= 15 is 0 Å². The average Bonchev–Trinajstić information content (AvgIpc) is 2.77. The third-order valence-electron chi connectivity index (χ3n) is 5.34. The predicted octanol–water partition coefficient (Wildman–Crippen LogP) is 5.28. The van der Waals surface area contributed by atoms with Crippen LogP contribution in [0.5, 0.6) is 0 Å². The maximum Gasteiger partial charge on any atom is 0.261 e. The lowest BCUT2D eigenvalue weighted by molar-refractivity contribution is 0.568. The average molecular weight is 472 g/mol. The van der Waals surface area contributed by atoms with Crippen LogP contribution in [0.4, 0.5) is 23.1 Å². The highest BCUT2D eigenvalue weighted by Crippen LogP contribution is 2.25. The van der Waals surface area contributed by atoms with Crippen LogP contribution in [0.1, 0.15) is 30.5 Å². The molecule has 1 aliphatic heterocycles. The SMILES string of the molecule is Cc1cc(Nc2ccc(NS(=O)(=O)c3ccc(C)c(Cl)c3)cc2)nc(N2CCCCC2)n1. The van der Waals surface area contributed by atoms with E-state index in [2.05, 4.69) is 24.9 Å². The van der Waals surface area contributed by atoms with Gasteiger partial charge in [-0.25, -0.2) is 13.4 Å². The molecule has 2 heterocycles. The lowest BCUT2D eigenvalue weighted by atomic mass is 10.1. The van der Waals surface area contributed by atoms with E-state index in [1.165, 1.54) is 18.6 Å². The summed E-state index contributed by atoms with van der Waals surface area (Å²) in [6.07, 6.45) is 3.57. The Morgan fingerprint density at radius 2 is 1.59 bits per heavy atom. The van der Waals surface area contributed by atoms with Gasteiger partial charge in [0.15, 0.2) is 0 Å². The van der Waals surface area contributed by atoms with Crippen molar-refractivity contribution in [2.75, 3.05) is 28.0 Å². The van der Waals surface area contributed by atoms with Crippen molar-refractivity contribution < 1.29 is 8.42 Å². The van der Waals surface area contributed by atoms with Gasteiger partial charge in [-0.1, -0.05) is 17.7 Å². The summed E-state index contributed by atoms with van der Waals surface area (Å²) in [5.74, 6) is 1.45. The summed E-state index contributed by atoms with van der Waals surface area (Å²) in [5.41, 5.74) is 2.97. The second kappa shape index (κ2) is 9.34. The van der Waals surface area contributed by atoms with E-state index in [0.29, 0.717) is 16.5 Å². The summed E-state index contributed by atoms with van der Waals surface area (Å²) in [6.45, 7) is 5.73. The number of aryl methyl sites for hydroxylation is 2. The number of nitrogens with zero attached hydrogens (tertiary/aromatic N) is 3. The molecular formula is C23H26ClN5O2S. The standard InChI is InChI=1S/C23H26ClN5O2S/c1-16-6-11-20(15-21(16)24)32(30,31)28-19-9-7-18(8-10-19)26-22-14-17(2)25-23(27-22)29-12-4-3-5-13-29/h6-11,14-15,28H,3-5,12-13H2,1-2H3,(H,25,26,27). The molecule has 1 fully saturated rings. The monoisotopic (exact) mass is 471 g/mol. The van der Waals surface area contributed by atoms with Crippen molar-refractivity contribution in [1.82, 2.24) is 9.97 Å². The van der Waals surface area contributed by atoms with Crippen molar-refractivity contribution in [2.24, 2.45) is 0 Å². The summed E-state index contributed by atoms with van der Waals surface area (Å²) < 4.78 is 27.9. The van der Waals surface area contributed by atoms with Crippen LogP contribution in [0.25, 0.3) is 0 Å². The smallest absolute Gasteiger partial charge is 0.261 e. The molecule has 9 heteroatoms. The van der Waals surface area contributed by atoms with Gasteiger partial charge >= 0.3 is 0 Å². The summed E-state index contributed by atoms with van der Waals surface area (Å²) in [6, 6.07) is 13.6. The van der Waals surface area contributed by atoms with Gasteiger partial charge in [0.2, 0.25) is 5.95 Å². The molecule has 0 amide bonds. The molecule has 7 nitrogen and oxygen atoms in total. The lowest BCUT2D eigenvalue weighted by Crippen LogP contribution is -2.31. The topological polar surface area (TPSA) is 87.2 Å². The Morgan fingerprint density at radius 1 is 0.906 bits per heavy atom. The van der Waals surface area contributed by atoms with Crippen LogP contribution in [0.3, 0.4) is 0 Å². The Labute approximate surface area is 193 Å². The fourth-order valence-corrected chi connectivity index (χ4v) is 4.91. The molecule has 0 unspecified atom stereocenters. The molecule has 0 saturated carbocycles. The van der Waals surface area contributed by atoms with Crippen LogP contribution < -0.4 is 14.9 Å². The maximum absolute atomic E-state index is 12.7. The Hall–Kier alpha value is -2.84. The van der Waals surface area contributed by atoms with E-state index in [9.17, 15) is 8.42 Å². The Bertz CT molecular complexity index is 1210. The second-order valence-electron chi connectivity index (χ2n) is 7.96. The molecule has 0 radical (unpaired) electrons. The number of aromatic nitrogens is 2. The van der Waals surface area contributed by atoms with Crippen LogP contribution in [0, 0.1) is 13.8 Å². The normalized spacial score (nSPS) is 14.3. The molecule has 32 heavy (non-hydrogen) atoms. The number of sulfonamides is 1. The highest BCUT2D eigenvalue weighted by Gasteiger charge is 2.16.